The predicted molar refractivity (Wildman–Crippen MR) is 59.4 cm³/mol. The highest BCUT2D eigenvalue weighted by atomic mass is 16.5. The summed E-state index contributed by atoms with van der Waals surface area (Å²) in [6.45, 7) is 7.84. The molecule has 0 saturated heterocycles. The Labute approximate surface area is 91.7 Å². The summed E-state index contributed by atoms with van der Waals surface area (Å²) in [6.07, 6.45) is 6.36. The molecule has 0 aromatic heterocycles. The molecule has 1 rings (SSSR count). The average Bonchev–Trinajstić information content (AvgIpc) is 2.27. The number of methoxy groups -OCH3 is 1. The molecular formula is C12H20O3. The van der Waals surface area contributed by atoms with E-state index in [1.807, 2.05) is 0 Å². The molecule has 1 saturated carbocycles. The van der Waals surface area contributed by atoms with Crippen molar-refractivity contribution in [2.24, 2.45) is 5.92 Å². The fourth-order valence-electron chi connectivity index (χ4n) is 2.08. The summed E-state index contributed by atoms with van der Waals surface area (Å²) in [7, 11) is 1.73. The third kappa shape index (κ3) is 3.59. The number of hydrogen-bond acceptors (Lipinski definition) is 3. The highest BCUT2D eigenvalue weighted by molar-refractivity contribution is 4.83. The Morgan fingerprint density at radius 1 is 1.20 bits per heavy atom. The number of rotatable bonds is 6. The van der Waals surface area contributed by atoms with E-state index in [-0.39, 0.29) is 12.2 Å². The first-order chi connectivity index (χ1) is 7.31. The van der Waals surface area contributed by atoms with Crippen molar-refractivity contribution in [3.8, 4) is 0 Å². The van der Waals surface area contributed by atoms with E-state index in [9.17, 15) is 0 Å². The molecule has 0 aromatic carbocycles. The van der Waals surface area contributed by atoms with Crippen molar-refractivity contribution < 1.29 is 14.2 Å². The van der Waals surface area contributed by atoms with Gasteiger partial charge in [0.2, 0.25) is 0 Å². The van der Waals surface area contributed by atoms with Crippen LogP contribution >= 0.6 is 0 Å². The van der Waals surface area contributed by atoms with Crippen LogP contribution in [0, 0.1) is 5.92 Å². The molecule has 0 aliphatic heterocycles. The van der Waals surface area contributed by atoms with Crippen LogP contribution in [0.4, 0.5) is 0 Å². The summed E-state index contributed by atoms with van der Waals surface area (Å²) in [5, 5.41) is 0. The molecule has 1 fully saturated rings. The van der Waals surface area contributed by atoms with Crippen molar-refractivity contribution in [1.82, 2.24) is 0 Å². The summed E-state index contributed by atoms with van der Waals surface area (Å²) in [4.78, 5) is 0. The summed E-state index contributed by atoms with van der Waals surface area (Å²) < 4.78 is 16.0. The quantitative estimate of drug-likeness (QED) is 0.633. The van der Waals surface area contributed by atoms with Gasteiger partial charge in [0.15, 0.2) is 0 Å². The number of hydrogen-bond donors (Lipinski definition) is 0. The minimum absolute atomic E-state index is 0.111. The molecule has 0 spiro atoms. The van der Waals surface area contributed by atoms with Crippen molar-refractivity contribution in [3.05, 3.63) is 25.7 Å². The standard InChI is InChI=1S/C12H20O3/c1-4-14-9-10-6-7-11(13-3)12(8-10)15-5-2/h4-5,10-12H,1-2,6-9H2,3H3. The highest BCUT2D eigenvalue weighted by Gasteiger charge is 2.31. The second-order valence-electron chi connectivity index (χ2n) is 3.79. The largest absolute Gasteiger partial charge is 0.502 e. The predicted octanol–water partition coefficient (Wildman–Crippen LogP) is 2.49. The van der Waals surface area contributed by atoms with E-state index in [0.29, 0.717) is 5.92 Å². The molecule has 0 heterocycles. The Morgan fingerprint density at radius 3 is 2.60 bits per heavy atom. The van der Waals surface area contributed by atoms with Gasteiger partial charge in [0.1, 0.15) is 6.10 Å². The molecule has 0 bridgehead atoms. The Hall–Kier alpha value is -0.960. The maximum absolute atomic E-state index is 5.45. The smallest absolute Gasteiger partial charge is 0.124 e. The van der Waals surface area contributed by atoms with Crippen LogP contribution in [0.1, 0.15) is 19.3 Å². The molecular weight excluding hydrogens is 192 g/mol. The summed E-state index contributed by atoms with van der Waals surface area (Å²) in [5.74, 6) is 0.527. The molecule has 3 unspecified atom stereocenters. The molecule has 3 nitrogen and oxygen atoms in total. The van der Waals surface area contributed by atoms with Crippen molar-refractivity contribution in [3.63, 3.8) is 0 Å². The van der Waals surface area contributed by atoms with E-state index >= 15 is 0 Å². The van der Waals surface area contributed by atoms with Gasteiger partial charge in [-0.25, -0.2) is 0 Å². The Kier molecular flexibility index (Phi) is 5.26. The van der Waals surface area contributed by atoms with Gasteiger partial charge in [-0.15, -0.1) is 0 Å². The van der Waals surface area contributed by atoms with Crippen LogP contribution < -0.4 is 0 Å². The van der Waals surface area contributed by atoms with Crippen molar-refractivity contribution >= 4 is 0 Å². The van der Waals surface area contributed by atoms with Gasteiger partial charge >= 0.3 is 0 Å². The van der Waals surface area contributed by atoms with Gasteiger partial charge in [0.25, 0.3) is 0 Å². The zero-order chi connectivity index (χ0) is 11.1. The van der Waals surface area contributed by atoms with Gasteiger partial charge < -0.3 is 14.2 Å². The molecule has 0 amide bonds. The zero-order valence-electron chi connectivity index (χ0n) is 9.35. The third-order valence-electron chi connectivity index (χ3n) is 2.86. The van der Waals surface area contributed by atoms with Crippen LogP contribution in [-0.4, -0.2) is 25.9 Å². The molecule has 15 heavy (non-hydrogen) atoms. The third-order valence-corrected chi connectivity index (χ3v) is 2.86. The summed E-state index contributed by atoms with van der Waals surface area (Å²) in [5.41, 5.74) is 0. The van der Waals surface area contributed by atoms with E-state index in [1.54, 1.807) is 7.11 Å². The fraction of sp³-hybridized carbons (Fsp3) is 0.667. The van der Waals surface area contributed by atoms with Crippen LogP contribution in [0.3, 0.4) is 0 Å². The van der Waals surface area contributed by atoms with Gasteiger partial charge in [-0.3, -0.25) is 0 Å². The lowest BCUT2D eigenvalue weighted by molar-refractivity contribution is -0.0621. The van der Waals surface area contributed by atoms with Crippen LogP contribution in [0.2, 0.25) is 0 Å². The molecule has 1 aliphatic rings. The molecule has 86 valence electrons. The monoisotopic (exact) mass is 212 g/mol. The average molecular weight is 212 g/mol. The van der Waals surface area contributed by atoms with Crippen molar-refractivity contribution in [2.75, 3.05) is 13.7 Å². The van der Waals surface area contributed by atoms with Gasteiger partial charge in [0.05, 0.1) is 25.2 Å². The van der Waals surface area contributed by atoms with E-state index in [1.165, 1.54) is 12.5 Å². The summed E-state index contributed by atoms with van der Waals surface area (Å²) in [6, 6.07) is 0. The molecule has 0 N–H and O–H groups in total. The van der Waals surface area contributed by atoms with Crippen molar-refractivity contribution in [2.45, 2.75) is 31.5 Å². The first kappa shape index (κ1) is 12.1. The van der Waals surface area contributed by atoms with Gasteiger partial charge in [-0.1, -0.05) is 13.2 Å². The Bertz CT molecular complexity index is 203. The Balaban J connectivity index is 2.41. The van der Waals surface area contributed by atoms with E-state index in [4.69, 9.17) is 14.2 Å². The SMILES string of the molecule is C=COCC1CCC(OC)C(OC=C)C1. The number of ether oxygens (including phenoxy) is 3. The van der Waals surface area contributed by atoms with Crippen LogP contribution in [0.15, 0.2) is 25.7 Å². The van der Waals surface area contributed by atoms with Crippen LogP contribution in [0.25, 0.3) is 0 Å². The second-order valence-corrected chi connectivity index (χ2v) is 3.79. The van der Waals surface area contributed by atoms with Crippen LogP contribution in [0.5, 0.6) is 0 Å². The first-order valence-electron chi connectivity index (χ1n) is 5.33. The molecule has 1 aliphatic carbocycles. The van der Waals surface area contributed by atoms with Gasteiger partial charge in [-0.05, 0) is 25.2 Å². The minimum atomic E-state index is 0.111. The fourth-order valence-corrected chi connectivity index (χ4v) is 2.08. The van der Waals surface area contributed by atoms with Crippen molar-refractivity contribution in [1.29, 1.82) is 0 Å². The topological polar surface area (TPSA) is 27.7 Å². The first-order valence-corrected chi connectivity index (χ1v) is 5.33. The van der Waals surface area contributed by atoms with Gasteiger partial charge in [-0.2, -0.15) is 0 Å². The van der Waals surface area contributed by atoms with E-state index < -0.39 is 0 Å². The molecule has 0 radical (unpaired) electrons. The van der Waals surface area contributed by atoms with Gasteiger partial charge in [0, 0.05) is 7.11 Å². The Morgan fingerprint density at radius 2 is 2.00 bits per heavy atom. The van der Waals surface area contributed by atoms with Crippen LogP contribution in [-0.2, 0) is 14.2 Å². The lowest BCUT2D eigenvalue weighted by atomic mass is 9.85. The lowest BCUT2D eigenvalue weighted by Gasteiger charge is -2.34. The maximum Gasteiger partial charge on any atom is 0.124 e. The minimum Gasteiger partial charge on any atom is -0.502 e. The van der Waals surface area contributed by atoms with E-state index in [2.05, 4.69) is 13.2 Å². The summed E-state index contributed by atoms with van der Waals surface area (Å²) >= 11 is 0. The normalized spacial score (nSPS) is 30.6. The highest BCUT2D eigenvalue weighted by Crippen LogP contribution is 2.28. The maximum atomic E-state index is 5.45. The lowest BCUT2D eigenvalue weighted by Crippen LogP contribution is -2.37. The second kappa shape index (κ2) is 6.51. The molecule has 0 aromatic rings. The molecule has 3 heteroatoms. The van der Waals surface area contributed by atoms with E-state index in [0.717, 1.165) is 25.9 Å². The molecule has 3 atom stereocenters. The zero-order valence-corrected chi connectivity index (χ0v) is 9.35.